The SMILES string of the molecule is O=C(C1CC(c2ccccc2)NN1)N1CCN(c2ccc([N+](=O)[O-])cc2)CC1. The zero-order chi connectivity index (χ0) is 19.5. The molecule has 0 aliphatic carbocycles. The number of nitrogens with zero attached hydrogens (tertiary/aromatic N) is 3. The van der Waals surface area contributed by atoms with Crippen molar-refractivity contribution >= 4 is 17.3 Å². The van der Waals surface area contributed by atoms with Crippen molar-refractivity contribution in [3.05, 3.63) is 70.3 Å². The second kappa shape index (κ2) is 7.95. The Morgan fingerprint density at radius 3 is 2.29 bits per heavy atom. The Balaban J connectivity index is 1.31. The number of rotatable bonds is 4. The van der Waals surface area contributed by atoms with Crippen LogP contribution < -0.4 is 15.8 Å². The molecular formula is C20H23N5O3. The minimum Gasteiger partial charge on any atom is -0.368 e. The summed E-state index contributed by atoms with van der Waals surface area (Å²) in [5, 5.41) is 10.8. The van der Waals surface area contributed by atoms with E-state index in [-0.39, 0.29) is 23.7 Å². The largest absolute Gasteiger partial charge is 0.368 e. The molecular weight excluding hydrogens is 358 g/mol. The second-order valence-electron chi connectivity index (χ2n) is 7.13. The van der Waals surface area contributed by atoms with Gasteiger partial charge in [0.2, 0.25) is 5.91 Å². The second-order valence-corrected chi connectivity index (χ2v) is 7.13. The molecule has 0 spiro atoms. The molecule has 2 fully saturated rings. The number of benzene rings is 2. The first-order chi connectivity index (χ1) is 13.6. The van der Waals surface area contributed by atoms with E-state index in [1.807, 2.05) is 23.1 Å². The van der Waals surface area contributed by atoms with Crippen molar-refractivity contribution in [2.75, 3.05) is 31.1 Å². The van der Waals surface area contributed by atoms with Crippen LogP contribution in [0.1, 0.15) is 18.0 Å². The van der Waals surface area contributed by atoms with Crippen LogP contribution in [0, 0.1) is 10.1 Å². The maximum absolute atomic E-state index is 12.9. The fraction of sp³-hybridized carbons (Fsp3) is 0.350. The number of hydrazine groups is 1. The van der Waals surface area contributed by atoms with E-state index in [1.165, 1.54) is 17.7 Å². The monoisotopic (exact) mass is 381 g/mol. The van der Waals surface area contributed by atoms with E-state index in [1.54, 1.807) is 12.1 Å². The first-order valence-electron chi connectivity index (χ1n) is 9.46. The highest BCUT2D eigenvalue weighted by Crippen LogP contribution is 2.24. The minimum atomic E-state index is -0.397. The van der Waals surface area contributed by atoms with Gasteiger partial charge in [-0.05, 0) is 24.1 Å². The number of carbonyl (C=O) groups excluding carboxylic acids is 1. The molecule has 2 atom stereocenters. The highest BCUT2D eigenvalue weighted by molar-refractivity contribution is 5.82. The molecule has 0 radical (unpaired) electrons. The maximum Gasteiger partial charge on any atom is 0.269 e. The Kier molecular flexibility index (Phi) is 5.23. The number of piperazine rings is 1. The van der Waals surface area contributed by atoms with Crippen molar-refractivity contribution in [3.8, 4) is 0 Å². The van der Waals surface area contributed by atoms with Crippen molar-refractivity contribution in [2.24, 2.45) is 0 Å². The van der Waals surface area contributed by atoms with Crippen molar-refractivity contribution in [1.29, 1.82) is 0 Å². The molecule has 8 heteroatoms. The van der Waals surface area contributed by atoms with Crippen LogP contribution >= 0.6 is 0 Å². The van der Waals surface area contributed by atoms with Crippen LogP contribution in [-0.2, 0) is 4.79 Å². The zero-order valence-corrected chi connectivity index (χ0v) is 15.5. The number of hydrogen-bond donors (Lipinski definition) is 2. The number of nitro groups is 1. The lowest BCUT2D eigenvalue weighted by Crippen LogP contribution is -2.53. The molecule has 0 saturated carbocycles. The van der Waals surface area contributed by atoms with Crippen LogP contribution in [-0.4, -0.2) is 48.0 Å². The molecule has 2 unspecified atom stereocenters. The van der Waals surface area contributed by atoms with Crippen LogP contribution in [0.25, 0.3) is 0 Å². The molecule has 28 heavy (non-hydrogen) atoms. The minimum absolute atomic E-state index is 0.0883. The molecule has 2 saturated heterocycles. The van der Waals surface area contributed by atoms with Crippen LogP contribution in [0.3, 0.4) is 0 Å². The molecule has 0 aromatic heterocycles. The van der Waals surface area contributed by atoms with Crippen LogP contribution in [0.15, 0.2) is 54.6 Å². The van der Waals surface area contributed by atoms with Gasteiger partial charge in [-0.25, -0.2) is 10.9 Å². The average molecular weight is 381 g/mol. The number of nitrogens with one attached hydrogen (secondary N) is 2. The standard InChI is InChI=1S/C20H23N5O3/c26-20(19-14-18(21-22-19)15-4-2-1-3-5-15)24-12-10-23(11-13-24)16-6-8-17(9-7-16)25(27)28/h1-9,18-19,21-22H,10-14H2. The van der Waals surface area contributed by atoms with Gasteiger partial charge in [0.15, 0.2) is 0 Å². The maximum atomic E-state index is 12.9. The Labute approximate surface area is 163 Å². The molecule has 2 aliphatic rings. The summed E-state index contributed by atoms with van der Waals surface area (Å²) in [6.07, 6.45) is 0.728. The highest BCUT2D eigenvalue weighted by atomic mass is 16.6. The third-order valence-corrected chi connectivity index (χ3v) is 5.42. The molecule has 146 valence electrons. The molecule has 2 N–H and O–H groups in total. The fourth-order valence-electron chi connectivity index (χ4n) is 3.81. The Hall–Kier alpha value is -2.97. The molecule has 2 heterocycles. The molecule has 8 nitrogen and oxygen atoms in total. The van der Waals surface area contributed by atoms with E-state index >= 15 is 0 Å². The predicted octanol–water partition coefficient (Wildman–Crippen LogP) is 1.85. The van der Waals surface area contributed by atoms with Gasteiger partial charge in [0.25, 0.3) is 5.69 Å². The van der Waals surface area contributed by atoms with Gasteiger partial charge in [-0.15, -0.1) is 0 Å². The lowest BCUT2D eigenvalue weighted by molar-refractivity contribution is -0.384. The normalized spacial score (nSPS) is 22.3. The smallest absolute Gasteiger partial charge is 0.269 e. The van der Waals surface area contributed by atoms with E-state index < -0.39 is 4.92 Å². The molecule has 0 bridgehead atoms. The summed E-state index contributed by atoms with van der Waals surface area (Å²) < 4.78 is 0. The van der Waals surface area contributed by atoms with Gasteiger partial charge in [0.05, 0.1) is 4.92 Å². The Morgan fingerprint density at radius 1 is 0.964 bits per heavy atom. The third-order valence-electron chi connectivity index (χ3n) is 5.42. The van der Waals surface area contributed by atoms with Crippen molar-refractivity contribution in [3.63, 3.8) is 0 Å². The highest BCUT2D eigenvalue weighted by Gasteiger charge is 2.34. The van der Waals surface area contributed by atoms with Crippen molar-refractivity contribution in [2.45, 2.75) is 18.5 Å². The van der Waals surface area contributed by atoms with Crippen LogP contribution in [0.2, 0.25) is 0 Å². The Bertz CT molecular complexity index is 835. The van der Waals surface area contributed by atoms with Gasteiger partial charge < -0.3 is 9.80 Å². The summed E-state index contributed by atoms with van der Waals surface area (Å²) in [4.78, 5) is 27.3. The van der Waals surface area contributed by atoms with E-state index in [4.69, 9.17) is 0 Å². The molecule has 1 amide bonds. The zero-order valence-electron chi connectivity index (χ0n) is 15.5. The first kappa shape index (κ1) is 18.4. The van der Waals surface area contributed by atoms with Gasteiger partial charge in [-0.3, -0.25) is 14.9 Å². The van der Waals surface area contributed by atoms with Crippen LogP contribution in [0.5, 0.6) is 0 Å². The van der Waals surface area contributed by atoms with Gasteiger partial charge in [-0.2, -0.15) is 0 Å². The molecule has 4 rings (SSSR count). The molecule has 2 aliphatic heterocycles. The quantitative estimate of drug-likeness (QED) is 0.621. The lowest BCUT2D eigenvalue weighted by Gasteiger charge is -2.37. The number of nitro benzene ring substituents is 1. The number of hydrogen-bond acceptors (Lipinski definition) is 6. The van der Waals surface area contributed by atoms with E-state index in [0.29, 0.717) is 26.2 Å². The van der Waals surface area contributed by atoms with Gasteiger partial charge in [0.1, 0.15) is 6.04 Å². The topological polar surface area (TPSA) is 90.8 Å². The van der Waals surface area contributed by atoms with E-state index in [0.717, 1.165) is 12.1 Å². The van der Waals surface area contributed by atoms with Crippen LogP contribution in [0.4, 0.5) is 11.4 Å². The summed E-state index contributed by atoms with van der Waals surface area (Å²) in [5.41, 5.74) is 8.58. The number of non-ortho nitro benzene ring substituents is 1. The van der Waals surface area contributed by atoms with E-state index in [2.05, 4.69) is 27.9 Å². The summed E-state index contributed by atoms with van der Waals surface area (Å²) >= 11 is 0. The summed E-state index contributed by atoms with van der Waals surface area (Å²) in [6.45, 7) is 2.71. The van der Waals surface area contributed by atoms with Crippen molar-refractivity contribution in [1.82, 2.24) is 15.8 Å². The molecule has 2 aromatic rings. The number of carbonyl (C=O) groups is 1. The third kappa shape index (κ3) is 3.83. The number of amides is 1. The van der Waals surface area contributed by atoms with Gasteiger partial charge >= 0.3 is 0 Å². The predicted molar refractivity (Wildman–Crippen MR) is 106 cm³/mol. The van der Waals surface area contributed by atoms with Gasteiger partial charge in [0, 0.05) is 50.0 Å². The lowest BCUT2D eigenvalue weighted by atomic mass is 10.0. The molecule has 2 aromatic carbocycles. The summed E-state index contributed by atoms with van der Waals surface area (Å²) in [6, 6.07) is 16.6. The number of anilines is 1. The summed E-state index contributed by atoms with van der Waals surface area (Å²) in [5.74, 6) is 0.120. The van der Waals surface area contributed by atoms with Crippen molar-refractivity contribution < 1.29 is 9.72 Å². The average Bonchev–Trinajstić information content (AvgIpc) is 3.24. The van der Waals surface area contributed by atoms with E-state index in [9.17, 15) is 14.9 Å². The first-order valence-corrected chi connectivity index (χ1v) is 9.46. The fourth-order valence-corrected chi connectivity index (χ4v) is 3.81. The summed E-state index contributed by atoms with van der Waals surface area (Å²) in [7, 11) is 0. The Morgan fingerprint density at radius 2 is 1.64 bits per heavy atom. The van der Waals surface area contributed by atoms with Gasteiger partial charge in [-0.1, -0.05) is 30.3 Å².